The van der Waals surface area contributed by atoms with Crippen LogP contribution >= 0.6 is 54.8 Å². The monoisotopic (exact) mass is 392 g/mol. The first-order chi connectivity index (χ1) is 7.99. The fourth-order valence-corrected chi connectivity index (χ4v) is 3.83. The fraction of sp³-hybridized carbons (Fsp3) is 0.231. The van der Waals surface area contributed by atoms with Crippen LogP contribution in [0.1, 0.15) is 26.3 Å². The summed E-state index contributed by atoms with van der Waals surface area (Å²) in [4.78, 5) is 2.43. The third kappa shape index (κ3) is 2.95. The summed E-state index contributed by atoms with van der Waals surface area (Å²) >= 11 is 15.3. The molecule has 1 aromatic carbocycles. The highest BCUT2D eigenvalue weighted by molar-refractivity contribution is 9.10. The maximum atomic E-state index is 6.51. The van der Waals surface area contributed by atoms with E-state index in [4.69, 9.17) is 11.6 Å². The third-order valence-corrected chi connectivity index (χ3v) is 6.29. The lowest BCUT2D eigenvalue weighted by Crippen LogP contribution is -1.90. The molecular formula is C13H11Br2ClS. The van der Waals surface area contributed by atoms with Crippen molar-refractivity contribution in [3.8, 4) is 0 Å². The van der Waals surface area contributed by atoms with Gasteiger partial charge in [0.15, 0.2) is 0 Å². The predicted molar refractivity (Wildman–Crippen MR) is 83.3 cm³/mol. The molecule has 0 nitrogen and oxygen atoms in total. The van der Waals surface area contributed by atoms with Crippen LogP contribution in [-0.4, -0.2) is 0 Å². The maximum Gasteiger partial charge on any atom is 0.0928 e. The summed E-state index contributed by atoms with van der Waals surface area (Å²) in [6.07, 6.45) is 0. The highest BCUT2D eigenvalue weighted by Gasteiger charge is 2.15. The van der Waals surface area contributed by atoms with Gasteiger partial charge in [-0.2, -0.15) is 0 Å². The van der Waals surface area contributed by atoms with E-state index >= 15 is 0 Å². The van der Waals surface area contributed by atoms with Gasteiger partial charge in [-0.25, -0.2) is 0 Å². The van der Waals surface area contributed by atoms with E-state index in [0.717, 1.165) is 14.5 Å². The van der Waals surface area contributed by atoms with Crippen molar-refractivity contribution in [3.63, 3.8) is 0 Å². The highest BCUT2D eigenvalue weighted by atomic mass is 79.9. The van der Waals surface area contributed by atoms with Crippen molar-refractivity contribution in [3.05, 3.63) is 54.1 Å². The summed E-state index contributed by atoms with van der Waals surface area (Å²) in [7, 11) is 0. The van der Waals surface area contributed by atoms with Crippen molar-refractivity contribution in [2.24, 2.45) is 0 Å². The molecular weight excluding hydrogens is 383 g/mol. The maximum absolute atomic E-state index is 6.51. The van der Waals surface area contributed by atoms with Crippen molar-refractivity contribution in [2.75, 3.05) is 0 Å². The molecule has 0 bridgehead atoms. The number of hydrogen-bond acceptors (Lipinski definition) is 1. The second kappa shape index (κ2) is 5.43. The van der Waals surface area contributed by atoms with E-state index in [1.165, 1.54) is 15.3 Å². The van der Waals surface area contributed by atoms with Gasteiger partial charge in [-0.15, -0.1) is 22.9 Å². The van der Waals surface area contributed by atoms with Gasteiger partial charge >= 0.3 is 0 Å². The Hall–Kier alpha value is 0.170. The van der Waals surface area contributed by atoms with E-state index in [0.29, 0.717) is 0 Å². The Bertz CT molecular complexity index is 529. The minimum atomic E-state index is -0.0816. The zero-order chi connectivity index (χ0) is 12.6. The lowest BCUT2D eigenvalue weighted by molar-refractivity contribution is 1.17. The molecule has 0 spiro atoms. The average Bonchev–Trinajstić information content (AvgIpc) is 2.62. The lowest BCUT2D eigenvalue weighted by Gasteiger charge is -2.09. The Morgan fingerprint density at radius 2 is 1.82 bits per heavy atom. The third-order valence-electron chi connectivity index (χ3n) is 2.61. The van der Waals surface area contributed by atoms with E-state index in [2.05, 4.69) is 70.0 Å². The zero-order valence-electron chi connectivity index (χ0n) is 9.43. The van der Waals surface area contributed by atoms with Crippen molar-refractivity contribution in [1.29, 1.82) is 0 Å². The quantitative estimate of drug-likeness (QED) is 0.531. The van der Waals surface area contributed by atoms with Crippen molar-refractivity contribution in [1.82, 2.24) is 0 Å². The van der Waals surface area contributed by atoms with Gasteiger partial charge in [0, 0.05) is 18.7 Å². The molecule has 0 saturated heterocycles. The van der Waals surface area contributed by atoms with Gasteiger partial charge in [-0.05, 0) is 53.0 Å². The molecule has 2 rings (SSSR count). The first kappa shape index (κ1) is 13.6. The molecule has 0 N–H and O–H groups in total. The largest absolute Gasteiger partial charge is 0.143 e. The van der Waals surface area contributed by atoms with Gasteiger partial charge < -0.3 is 0 Å². The van der Waals surface area contributed by atoms with Gasteiger partial charge in [0.2, 0.25) is 0 Å². The minimum absolute atomic E-state index is 0.0816. The Balaban J connectivity index is 2.36. The number of rotatable bonds is 2. The molecule has 17 heavy (non-hydrogen) atoms. The van der Waals surface area contributed by atoms with Gasteiger partial charge in [0.1, 0.15) is 0 Å². The Labute approximate surface area is 127 Å². The van der Waals surface area contributed by atoms with E-state index in [1.807, 2.05) is 0 Å². The highest BCUT2D eigenvalue weighted by Crippen LogP contribution is 2.38. The molecule has 1 aromatic heterocycles. The molecule has 0 radical (unpaired) electrons. The van der Waals surface area contributed by atoms with Crippen LogP contribution in [0.2, 0.25) is 0 Å². The Morgan fingerprint density at radius 1 is 1.12 bits per heavy atom. The van der Waals surface area contributed by atoms with Crippen LogP contribution in [0.5, 0.6) is 0 Å². The van der Waals surface area contributed by atoms with Crippen molar-refractivity contribution < 1.29 is 0 Å². The summed E-state index contributed by atoms with van der Waals surface area (Å²) in [6, 6.07) is 8.37. The number of aryl methyl sites for hydroxylation is 2. The number of thiophene rings is 1. The second-order valence-corrected chi connectivity index (χ2v) is 7.36. The molecule has 0 fully saturated rings. The summed E-state index contributed by atoms with van der Waals surface area (Å²) < 4.78 is 2.24. The number of benzene rings is 1. The summed E-state index contributed by atoms with van der Waals surface area (Å²) in [5.74, 6) is 0. The van der Waals surface area contributed by atoms with Gasteiger partial charge in [-0.1, -0.05) is 28.1 Å². The van der Waals surface area contributed by atoms with Crippen molar-refractivity contribution in [2.45, 2.75) is 19.2 Å². The standard InChI is InChI=1S/C13H11Br2ClS/c1-7-3-4-9(5-10(7)14)13(16)12-6-11(15)8(2)17-12/h3-6,13H,1-2H3. The lowest BCUT2D eigenvalue weighted by atomic mass is 10.1. The fourth-order valence-electron chi connectivity index (χ4n) is 1.54. The molecule has 2 aromatic rings. The van der Waals surface area contributed by atoms with Gasteiger partial charge in [0.05, 0.1) is 5.38 Å². The average molecular weight is 395 g/mol. The molecule has 1 atom stereocenters. The van der Waals surface area contributed by atoms with Crippen LogP contribution < -0.4 is 0 Å². The minimum Gasteiger partial charge on any atom is -0.143 e. The van der Waals surface area contributed by atoms with Crippen LogP contribution in [0.15, 0.2) is 33.2 Å². The summed E-state index contributed by atoms with van der Waals surface area (Å²) in [6.45, 7) is 4.16. The molecule has 90 valence electrons. The number of halogens is 3. The molecule has 0 aliphatic rings. The van der Waals surface area contributed by atoms with Crippen LogP contribution in [0.3, 0.4) is 0 Å². The predicted octanol–water partition coefficient (Wildman–Crippen LogP) is 6.22. The summed E-state index contributed by atoms with van der Waals surface area (Å²) in [5, 5.41) is -0.0816. The first-order valence-electron chi connectivity index (χ1n) is 5.15. The van der Waals surface area contributed by atoms with Crippen LogP contribution in [0.25, 0.3) is 0 Å². The zero-order valence-corrected chi connectivity index (χ0v) is 14.2. The molecule has 0 amide bonds. The van der Waals surface area contributed by atoms with Crippen LogP contribution in [0.4, 0.5) is 0 Å². The van der Waals surface area contributed by atoms with E-state index < -0.39 is 0 Å². The van der Waals surface area contributed by atoms with E-state index in [-0.39, 0.29) is 5.38 Å². The first-order valence-corrected chi connectivity index (χ1v) is 7.99. The van der Waals surface area contributed by atoms with Crippen LogP contribution in [0, 0.1) is 13.8 Å². The molecule has 1 heterocycles. The topological polar surface area (TPSA) is 0 Å². The van der Waals surface area contributed by atoms with Crippen molar-refractivity contribution >= 4 is 54.8 Å². The molecule has 0 aliphatic heterocycles. The molecule has 4 heteroatoms. The molecule has 0 aliphatic carbocycles. The van der Waals surface area contributed by atoms with Gasteiger partial charge in [0.25, 0.3) is 0 Å². The molecule has 0 saturated carbocycles. The van der Waals surface area contributed by atoms with Gasteiger partial charge in [-0.3, -0.25) is 0 Å². The normalized spacial score (nSPS) is 12.8. The van der Waals surface area contributed by atoms with Crippen LogP contribution in [-0.2, 0) is 0 Å². The Morgan fingerprint density at radius 3 is 2.35 bits per heavy atom. The Kier molecular flexibility index (Phi) is 4.35. The SMILES string of the molecule is Cc1ccc(C(Cl)c2cc(Br)c(C)s2)cc1Br. The summed E-state index contributed by atoms with van der Waals surface area (Å²) in [5.41, 5.74) is 2.35. The number of alkyl halides is 1. The second-order valence-electron chi connectivity index (χ2n) is 3.92. The smallest absolute Gasteiger partial charge is 0.0928 e. The van der Waals surface area contributed by atoms with E-state index in [1.54, 1.807) is 11.3 Å². The number of hydrogen-bond donors (Lipinski definition) is 0. The molecule has 1 unspecified atom stereocenters. The van der Waals surface area contributed by atoms with E-state index in [9.17, 15) is 0 Å².